The predicted molar refractivity (Wildman–Crippen MR) is 91.2 cm³/mol. The van der Waals surface area contributed by atoms with Crippen LogP contribution in [0.2, 0.25) is 0 Å². The van der Waals surface area contributed by atoms with Crippen LogP contribution in [0.4, 0.5) is 17.6 Å². The van der Waals surface area contributed by atoms with E-state index in [9.17, 15) is 17.6 Å². The standard InChI is InChI=1S/C16H8Cl3F4NO3/c17-15(18,19)16(26-11-7-3-4-8-12(11)27-16)24-13(14(21,22)23)25-10-6-2-1-5-9(10)20/h1-8H/b24-13+. The van der Waals surface area contributed by atoms with Crippen molar-refractivity contribution in [2.45, 2.75) is 15.9 Å². The largest absolute Gasteiger partial charge is 0.468 e. The molecule has 0 aromatic heterocycles. The van der Waals surface area contributed by atoms with Crippen molar-refractivity contribution in [1.29, 1.82) is 0 Å². The molecule has 0 fully saturated rings. The van der Waals surface area contributed by atoms with Crippen LogP contribution in [0.3, 0.4) is 0 Å². The molecule has 4 nitrogen and oxygen atoms in total. The highest BCUT2D eigenvalue weighted by Gasteiger charge is 2.61. The van der Waals surface area contributed by atoms with Crippen molar-refractivity contribution in [3.8, 4) is 17.2 Å². The molecular weight excluding hydrogens is 437 g/mol. The molecule has 0 unspecified atom stereocenters. The summed E-state index contributed by atoms with van der Waals surface area (Å²) in [5, 5.41) is 0. The van der Waals surface area contributed by atoms with Crippen molar-refractivity contribution in [3.63, 3.8) is 0 Å². The third-order valence-corrected chi connectivity index (χ3v) is 3.95. The SMILES string of the molecule is Fc1ccccc1O/C(=N/C1(C(Cl)(Cl)Cl)Oc2ccccc2O1)C(F)(F)F. The van der Waals surface area contributed by atoms with Gasteiger partial charge in [-0.05, 0) is 24.3 Å². The molecule has 3 rings (SSSR count). The molecule has 0 saturated carbocycles. The molecule has 2 aromatic rings. The summed E-state index contributed by atoms with van der Waals surface area (Å²) >= 11 is 17.4. The van der Waals surface area contributed by atoms with E-state index in [1.54, 1.807) is 0 Å². The van der Waals surface area contributed by atoms with E-state index in [-0.39, 0.29) is 11.5 Å². The van der Waals surface area contributed by atoms with Crippen molar-refractivity contribution in [2.24, 2.45) is 4.99 Å². The Morgan fingerprint density at radius 3 is 1.93 bits per heavy atom. The fourth-order valence-corrected chi connectivity index (χ4v) is 2.43. The zero-order valence-corrected chi connectivity index (χ0v) is 15.2. The fourth-order valence-electron chi connectivity index (χ4n) is 2.07. The molecule has 0 N–H and O–H groups in total. The number of alkyl halides is 6. The van der Waals surface area contributed by atoms with Crippen LogP contribution >= 0.6 is 34.8 Å². The minimum atomic E-state index is -5.17. The van der Waals surface area contributed by atoms with E-state index in [1.807, 2.05) is 0 Å². The van der Waals surface area contributed by atoms with Crippen molar-refractivity contribution in [1.82, 2.24) is 0 Å². The number of ether oxygens (including phenoxy) is 3. The molecule has 144 valence electrons. The van der Waals surface area contributed by atoms with Crippen LogP contribution < -0.4 is 14.2 Å². The molecule has 1 aliphatic heterocycles. The predicted octanol–water partition coefficient (Wildman–Crippen LogP) is 5.66. The maximum atomic E-state index is 13.7. The molecule has 2 aromatic carbocycles. The Morgan fingerprint density at radius 2 is 1.44 bits per heavy atom. The van der Waals surface area contributed by atoms with Crippen LogP contribution in [0.1, 0.15) is 0 Å². The van der Waals surface area contributed by atoms with Gasteiger partial charge in [0.2, 0.25) is 0 Å². The number of rotatable bonds is 2. The number of hydrogen-bond acceptors (Lipinski definition) is 4. The van der Waals surface area contributed by atoms with Gasteiger partial charge in [0.25, 0.3) is 3.79 Å². The fraction of sp³-hybridized carbons (Fsp3) is 0.188. The van der Waals surface area contributed by atoms with E-state index >= 15 is 0 Å². The second kappa shape index (κ2) is 6.92. The molecule has 11 heteroatoms. The number of benzene rings is 2. The lowest BCUT2D eigenvalue weighted by molar-refractivity contribution is -0.0912. The first kappa shape index (κ1) is 19.9. The van der Waals surface area contributed by atoms with E-state index in [2.05, 4.69) is 9.73 Å². The van der Waals surface area contributed by atoms with Gasteiger partial charge in [-0.2, -0.15) is 18.2 Å². The Bertz CT molecular complexity index is 859. The second-order valence-corrected chi connectivity index (χ2v) is 7.46. The van der Waals surface area contributed by atoms with E-state index < -0.39 is 33.3 Å². The summed E-state index contributed by atoms with van der Waals surface area (Å²) in [5.41, 5.74) is 0. The van der Waals surface area contributed by atoms with E-state index in [0.29, 0.717) is 0 Å². The van der Waals surface area contributed by atoms with Crippen LogP contribution in [-0.2, 0) is 0 Å². The quantitative estimate of drug-likeness (QED) is 0.260. The molecule has 0 aliphatic carbocycles. The Kier molecular flexibility index (Phi) is 5.09. The Hall–Kier alpha value is -1.90. The molecule has 0 atom stereocenters. The lowest BCUT2D eigenvalue weighted by Crippen LogP contribution is -2.51. The van der Waals surface area contributed by atoms with Crippen LogP contribution in [0.15, 0.2) is 53.5 Å². The average Bonchev–Trinajstić information content (AvgIpc) is 2.94. The number of aliphatic imine (C=N–C) groups is 1. The van der Waals surface area contributed by atoms with Crippen LogP contribution in [-0.4, -0.2) is 21.8 Å². The molecule has 1 heterocycles. The highest BCUT2D eigenvalue weighted by atomic mass is 35.6. The third-order valence-electron chi connectivity index (χ3n) is 3.24. The first-order valence-electron chi connectivity index (χ1n) is 7.15. The maximum Gasteiger partial charge on any atom is 0.468 e. The zero-order chi connectivity index (χ0) is 19.9. The molecule has 0 spiro atoms. The van der Waals surface area contributed by atoms with Gasteiger partial charge in [-0.15, -0.1) is 0 Å². The van der Waals surface area contributed by atoms with Crippen LogP contribution in [0.25, 0.3) is 0 Å². The number of halogens is 7. The average molecular weight is 445 g/mol. The molecule has 0 amide bonds. The smallest absolute Gasteiger partial charge is 0.432 e. The minimum Gasteiger partial charge on any atom is -0.432 e. The maximum absolute atomic E-state index is 13.7. The highest BCUT2D eigenvalue weighted by molar-refractivity contribution is 6.68. The number of hydrogen-bond donors (Lipinski definition) is 0. The lowest BCUT2D eigenvalue weighted by Gasteiger charge is -2.30. The van der Waals surface area contributed by atoms with Gasteiger partial charge in [-0.1, -0.05) is 59.1 Å². The Morgan fingerprint density at radius 1 is 0.926 bits per heavy atom. The zero-order valence-electron chi connectivity index (χ0n) is 12.9. The molecule has 27 heavy (non-hydrogen) atoms. The summed E-state index contributed by atoms with van der Waals surface area (Å²) in [7, 11) is 0. The number of fused-ring (bicyclic) bond motifs is 1. The first-order chi connectivity index (χ1) is 12.5. The molecule has 0 bridgehead atoms. The number of para-hydroxylation sites is 3. The summed E-state index contributed by atoms with van der Waals surface area (Å²) in [4.78, 5) is 3.26. The first-order valence-corrected chi connectivity index (χ1v) is 8.28. The van der Waals surface area contributed by atoms with E-state index in [4.69, 9.17) is 44.3 Å². The van der Waals surface area contributed by atoms with E-state index in [1.165, 1.54) is 36.4 Å². The lowest BCUT2D eigenvalue weighted by atomic mass is 10.3. The Balaban J connectivity index is 2.08. The van der Waals surface area contributed by atoms with Gasteiger partial charge in [0.1, 0.15) is 0 Å². The molecule has 1 aliphatic rings. The third kappa shape index (κ3) is 4.02. The Labute approximate surface area is 165 Å². The highest BCUT2D eigenvalue weighted by Crippen LogP contribution is 2.50. The number of nitrogens with zero attached hydrogens (tertiary/aromatic N) is 1. The van der Waals surface area contributed by atoms with Gasteiger partial charge < -0.3 is 14.2 Å². The molecule has 0 saturated heterocycles. The van der Waals surface area contributed by atoms with E-state index in [0.717, 1.165) is 12.1 Å². The normalized spacial score (nSPS) is 16.3. The summed E-state index contributed by atoms with van der Waals surface area (Å²) in [6.07, 6.45) is -5.17. The van der Waals surface area contributed by atoms with Gasteiger partial charge in [0, 0.05) is 0 Å². The van der Waals surface area contributed by atoms with Gasteiger partial charge in [0.15, 0.2) is 23.1 Å². The van der Waals surface area contributed by atoms with Crippen molar-refractivity contribution >= 4 is 40.7 Å². The summed E-state index contributed by atoms with van der Waals surface area (Å²) in [6, 6.07) is 10.3. The monoisotopic (exact) mass is 443 g/mol. The summed E-state index contributed by atoms with van der Waals surface area (Å²) in [5.74, 6) is -6.44. The summed E-state index contributed by atoms with van der Waals surface area (Å²) < 4.78 is 66.6. The van der Waals surface area contributed by atoms with Crippen LogP contribution in [0, 0.1) is 5.82 Å². The van der Waals surface area contributed by atoms with Crippen molar-refractivity contribution in [3.05, 3.63) is 54.3 Å². The van der Waals surface area contributed by atoms with Crippen molar-refractivity contribution < 1.29 is 31.8 Å². The molecular formula is C16H8Cl3F4NO3. The molecule has 0 radical (unpaired) electrons. The van der Waals surface area contributed by atoms with Gasteiger partial charge >= 0.3 is 18.0 Å². The van der Waals surface area contributed by atoms with Crippen LogP contribution in [0.5, 0.6) is 17.2 Å². The summed E-state index contributed by atoms with van der Waals surface area (Å²) in [6.45, 7) is 0. The van der Waals surface area contributed by atoms with Gasteiger partial charge in [0.05, 0.1) is 0 Å². The topological polar surface area (TPSA) is 40.0 Å². The van der Waals surface area contributed by atoms with Gasteiger partial charge in [-0.25, -0.2) is 4.39 Å². The van der Waals surface area contributed by atoms with Crippen molar-refractivity contribution in [2.75, 3.05) is 0 Å². The van der Waals surface area contributed by atoms with Gasteiger partial charge in [-0.3, -0.25) is 0 Å². The second-order valence-electron chi connectivity index (χ2n) is 5.18. The minimum absolute atomic E-state index is 0.00000819.